The van der Waals surface area contributed by atoms with Crippen LogP contribution < -0.4 is 10.0 Å². The minimum atomic E-state index is -3.11. The molecular formula is C13H26N2O2S. The van der Waals surface area contributed by atoms with Crippen molar-refractivity contribution in [1.29, 1.82) is 0 Å². The van der Waals surface area contributed by atoms with Crippen LogP contribution in [-0.2, 0) is 10.0 Å². The molecule has 2 aliphatic rings. The number of nitrogens with one attached hydrogen (secondary N) is 2. The lowest BCUT2D eigenvalue weighted by Gasteiger charge is -2.27. The van der Waals surface area contributed by atoms with E-state index in [9.17, 15) is 8.42 Å². The van der Waals surface area contributed by atoms with Crippen LogP contribution in [0.3, 0.4) is 0 Å². The van der Waals surface area contributed by atoms with E-state index in [0.29, 0.717) is 6.04 Å². The van der Waals surface area contributed by atoms with Gasteiger partial charge in [0.25, 0.3) is 0 Å². The van der Waals surface area contributed by atoms with Gasteiger partial charge in [-0.3, -0.25) is 0 Å². The fourth-order valence-corrected chi connectivity index (χ4v) is 4.80. The highest BCUT2D eigenvalue weighted by atomic mass is 32.2. The number of piperidine rings is 1. The third-order valence-electron chi connectivity index (χ3n) is 4.26. The number of rotatable bonds is 5. The highest BCUT2D eigenvalue weighted by molar-refractivity contribution is 7.89. The van der Waals surface area contributed by atoms with Crippen LogP contribution >= 0.6 is 0 Å². The Bertz CT molecular complexity index is 355. The van der Waals surface area contributed by atoms with E-state index in [2.05, 4.69) is 10.0 Å². The van der Waals surface area contributed by atoms with E-state index in [1.165, 1.54) is 12.8 Å². The summed E-state index contributed by atoms with van der Waals surface area (Å²) in [4.78, 5) is 0. The first-order valence-corrected chi connectivity index (χ1v) is 8.89. The van der Waals surface area contributed by atoms with Gasteiger partial charge < -0.3 is 5.32 Å². The van der Waals surface area contributed by atoms with Crippen molar-refractivity contribution in [1.82, 2.24) is 10.0 Å². The number of sulfonamides is 1. The third kappa shape index (κ3) is 4.21. The van der Waals surface area contributed by atoms with Gasteiger partial charge in [0.2, 0.25) is 10.0 Å². The van der Waals surface area contributed by atoms with E-state index in [4.69, 9.17) is 0 Å². The van der Waals surface area contributed by atoms with Crippen LogP contribution in [0.4, 0.5) is 0 Å². The van der Waals surface area contributed by atoms with Gasteiger partial charge in [0.05, 0.1) is 5.75 Å². The summed E-state index contributed by atoms with van der Waals surface area (Å²) < 4.78 is 27.1. The van der Waals surface area contributed by atoms with Gasteiger partial charge in [0, 0.05) is 11.6 Å². The Kier molecular flexibility index (Phi) is 4.67. The first-order chi connectivity index (χ1) is 8.49. The second kappa shape index (κ2) is 5.88. The van der Waals surface area contributed by atoms with Crippen molar-refractivity contribution in [2.75, 3.05) is 12.3 Å². The summed E-state index contributed by atoms with van der Waals surface area (Å²) >= 11 is 0. The molecule has 2 N–H and O–H groups in total. The van der Waals surface area contributed by atoms with Gasteiger partial charge in [0.15, 0.2) is 0 Å². The molecular weight excluding hydrogens is 248 g/mol. The van der Waals surface area contributed by atoms with Gasteiger partial charge in [-0.05, 0) is 45.6 Å². The predicted molar refractivity (Wildman–Crippen MR) is 74.1 cm³/mol. The van der Waals surface area contributed by atoms with Crippen LogP contribution in [0.2, 0.25) is 0 Å². The van der Waals surface area contributed by atoms with Crippen molar-refractivity contribution >= 4 is 10.0 Å². The largest absolute Gasteiger partial charge is 0.314 e. The van der Waals surface area contributed by atoms with E-state index >= 15 is 0 Å². The average Bonchev–Trinajstić information content (AvgIpc) is 2.74. The molecule has 1 saturated heterocycles. The Balaban J connectivity index is 1.79. The average molecular weight is 274 g/mol. The minimum absolute atomic E-state index is 0.182. The molecule has 0 amide bonds. The first kappa shape index (κ1) is 14.3. The lowest BCUT2D eigenvalue weighted by Crippen LogP contribution is -2.45. The normalized spacial score (nSPS) is 28.4. The molecule has 1 saturated carbocycles. The third-order valence-corrected chi connectivity index (χ3v) is 5.83. The quantitative estimate of drug-likeness (QED) is 0.803. The zero-order valence-electron chi connectivity index (χ0n) is 11.4. The summed E-state index contributed by atoms with van der Waals surface area (Å²) in [7, 11) is -3.11. The fraction of sp³-hybridized carbons (Fsp3) is 1.00. The Labute approximate surface area is 111 Å². The summed E-state index contributed by atoms with van der Waals surface area (Å²) in [5.74, 6) is 0.264. The maximum atomic E-state index is 12.1. The molecule has 0 aromatic carbocycles. The second-order valence-electron chi connectivity index (χ2n) is 6.12. The SMILES string of the molecule is CC1(NS(=O)(=O)CCC2CCCCN2)CCCC1. The van der Waals surface area contributed by atoms with E-state index in [0.717, 1.165) is 45.1 Å². The number of hydrogen-bond donors (Lipinski definition) is 2. The summed E-state index contributed by atoms with van der Waals surface area (Å²) in [6, 6.07) is 0.395. The minimum Gasteiger partial charge on any atom is -0.314 e. The molecule has 1 heterocycles. The van der Waals surface area contributed by atoms with Gasteiger partial charge in [-0.2, -0.15) is 0 Å². The van der Waals surface area contributed by atoms with Crippen LogP contribution in [-0.4, -0.2) is 32.3 Å². The summed E-state index contributed by atoms with van der Waals surface area (Å²) in [5, 5.41) is 3.40. The van der Waals surface area contributed by atoms with Crippen molar-refractivity contribution < 1.29 is 8.42 Å². The van der Waals surface area contributed by atoms with Crippen molar-refractivity contribution in [3.8, 4) is 0 Å². The maximum Gasteiger partial charge on any atom is 0.212 e. The Hall–Kier alpha value is -0.130. The topological polar surface area (TPSA) is 58.2 Å². The molecule has 2 rings (SSSR count). The van der Waals surface area contributed by atoms with Crippen molar-refractivity contribution in [2.45, 2.75) is 69.9 Å². The molecule has 4 nitrogen and oxygen atoms in total. The van der Waals surface area contributed by atoms with E-state index < -0.39 is 10.0 Å². The van der Waals surface area contributed by atoms with Crippen LogP contribution in [0.15, 0.2) is 0 Å². The highest BCUT2D eigenvalue weighted by Gasteiger charge is 2.32. The molecule has 0 aromatic heterocycles. The summed E-state index contributed by atoms with van der Waals surface area (Å²) in [6.07, 6.45) is 8.55. The van der Waals surface area contributed by atoms with Gasteiger partial charge >= 0.3 is 0 Å². The smallest absolute Gasteiger partial charge is 0.212 e. The molecule has 0 aromatic rings. The molecule has 0 spiro atoms. The van der Waals surface area contributed by atoms with Gasteiger partial charge in [-0.25, -0.2) is 13.1 Å². The lowest BCUT2D eigenvalue weighted by atomic mass is 10.0. The zero-order valence-corrected chi connectivity index (χ0v) is 12.2. The van der Waals surface area contributed by atoms with E-state index in [-0.39, 0.29) is 11.3 Å². The Morgan fingerprint density at radius 1 is 1.22 bits per heavy atom. The van der Waals surface area contributed by atoms with Crippen LogP contribution in [0.25, 0.3) is 0 Å². The maximum absolute atomic E-state index is 12.1. The molecule has 1 unspecified atom stereocenters. The Morgan fingerprint density at radius 2 is 1.94 bits per heavy atom. The molecule has 2 fully saturated rings. The monoisotopic (exact) mass is 274 g/mol. The lowest BCUT2D eigenvalue weighted by molar-refractivity contribution is 0.388. The van der Waals surface area contributed by atoms with Crippen molar-refractivity contribution in [2.24, 2.45) is 0 Å². The van der Waals surface area contributed by atoms with Crippen molar-refractivity contribution in [3.05, 3.63) is 0 Å². The number of hydrogen-bond acceptors (Lipinski definition) is 3. The van der Waals surface area contributed by atoms with Crippen LogP contribution in [0.5, 0.6) is 0 Å². The van der Waals surface area contributed by atoms with Crippen LogP contribution in [0.1, 0.15) is 58.3 Å². The molecule has 18 heavy (non-hydrogen) atoms. The molecule has 1 atom stereocenters. The molecule has 0 radical (unpaired) electrons. The molecule has 5 heteroatoms. The Morgan fingerprint density at radius 3 is 2.56 bits per heavy atom. The van der Waals surface area contributed by atoms with Gasteiger partial charge in [-0.1, -0.05) is 19.3 Å². The second-order valence-corrected chi connectivity index (χ2v) is 7.97. The molecule has 1 aliphatic carbocycles. The molecule has 106 valence electrons. The summed E-state index contributed by atoms with van der Waals surface area (Å²) in [6.45, 7) is 3.08. The molecule has 1 aliphatic heterocycles. The van der Waals surface area contributed by atoms with Gasteiger partial charge in [-0.15, -0.1) is 0 Å². The zero-order chi connectivity index (χ0) is 13.1. The van der Waals surface area contributed by atoms with Crippen molar-refractivity contribution in [3.63, 3.8) is 0 Å². The predicted octanol–water partition coefficient (Wildman–Crippen LogP) is 1.77. The standard InChI is InChI=1S/C13H26N2O2S/c1-13(8-3-4-9-13)15-18(16,17)11-7-12-6-2-5-10-14-12/h12,14-15H,2-11H2,1H3. The molecule has 0 bridgehead atoms. The van der Waals surface area contributed by atoms with E-state index in [1.807, 2.05) is 6.92 Å². The highest BCUT2D eigenvalue weighted by Crippen LogP contribution is 2.29. The van der Waals surface area contributed by atoms with E-state index in [1.54, 1.807) is 0 Å². The van der Waals surface area contributed by atoms with Gasteiger partial charge in [0.1, 0.15) is 0 Å². The first-order valence-electron chi connectivity index (χ1n) is 7.24. The van der Waals surface area contributed by atoms with Crippen LogP contribution in [0, 0.1) is 0 Å². The summed E-state index contributed by atoms with van der Waals surface area (Å²) in [5.41, 5.74) is -0.182. The fourth-order valence-electron chi connectivity index (χ4n) is 3.15.